The molecule has 1 atom stereocenters. The lowest BCUT2D eigenvalue weighted by molar-refractivity contribution is 0.166. The van der Waals surface area contributed by atoms with Gasteiger partial charge in [-0.1, -0.05) is 15.9 Å². The average molecular weight is 336 g/mol. The number of sulfonamides is 1. The van der Waals surface area contributed by atoms with Crippen LogP contribution in [0.25, 0.3) is 0 Å². The minimum absolute atomic E-state index is 0.00390. The van der Waals surface area contributed by atoms with Crippen LogP contribution >= 0.6 is 15.9 Å². The fourth-order valence-corrected chi connectivity index (χ4v) is 2.96. The number of halogens is 1. The maximum absolute atomic E-state index is 11.5. The van der Waals surface area contributed by atoms with Gasteiger partial charge in [-0.2, -0.15) is 0 Å². The van der Waals surface area contributed by atoms with Crippen LogP contribution in [0, 0.1) is 5.92 Å². The standard InChI is InChI=1S/C11H14BrNO4S/c12-9-1-2-10(11(5-9)18(13,14)15)17-7-8-3-4-16-6-8/h1-2,5,8H,3-4,6-7H2,(H2,13,14,15). The van der Waals surface area contributed by atoms with Crippen LogP contribution in [0.3, 0.4) is 0 Å². The second-order valence-electron chi connectivity index (χ2n) is 4.18. The molecule has 1 unspecified atom stereocenters. The van der Waals surface area contributed by atoms with Crippen molar-refractivity contribution in [3.8, 4) is 5.75 Å². The van der Waals surface area contributed by atoms with Gasteiger partial charge >= 0.3 is 0 Å². The summed E-state index contributed by atoms with van der Waals surface area (Å²) in [6.45, 7) is 1.82. The lowest BCUT2D eigenvalue weighted by Crippen LogP contribution is -2.17. The van der Waals surface area contributed by atoms with Crippen molar-refractivity contribution in [1.82, 2.24) is 0 Å². The predicted molar refractivity (Wildman–Crippen MR) is 69.9 cm³/mol. The van der Waals surface area contributed by atoms with E-state index in [1.807, 2.05) is 0 Å². The molecule has 0 amide bonds. The highest BCUT2D eigenvalue weighted by Crippen LogP contribution is 2.27. The molecule has 2 N–H and O–H groups in total. The third-order valence-electron chi connectivity index (χ3n) is 2.71. The van der Waals surface area contributed by atoms with Crippen LogP contribution in [-0.4, -0.2) is 28.2 Å². The molecule has 0 radical (unpaired) electrons. The second-order valence-corrected chi connectivity index (χ2v) is 6.62. The van der Waals surface area contributed by atoms with E-state index >= 15 is 0 Å². The van der Waals surface area contributed by atoms with Crippen LogP contribution in [0.4, 0.5) is 0 Å². The molecule has 0 spiro atoms. The van der Waals surface area contributed by atoms with E-state index in [9.17, 15) is 8.42 Å². The van der Waals surface area contributed by atoms with Crippen molar-refractivity contribution >= 4 is 26.0 Å². The zero-order valence-electron chi connectivity index (χ0n) is 9.63. The van der Waals surface area contributed by atoms with Gasteiger partial charge < -0.3 is 9.47 Å². The van der Waals surface area contributed by atoms with Gasteiger partial charge in [0, 0.05) is 17.0 Å². The second kappa shape index (κ2) is 5.56. The van der Waals surface area contributed by atoms with Crippen molar-refractivity contribution in [3.05, 3.63) is 22.7 Å². The molecule has 5 nitrogen and oxygen atoms in total. The zero-order valence-corrected chi connectivity index (χ0v) is 12.0. The summed E-state index contributed by atoms with van der Waals surface area (Å²) < 4.78 is 34.3. The predicted octanol–water partition coefficient (Wildman–Crippen LogP) is 1.51. The van der Waals surface area contributed by atoms with E-state index in [1.54, 1.807) is 12.1 Å². The van der Waals surface area contributed by atoms with Gasteiger partial charge in [0.2, 0.25) is 10.0 Å². The normalized spacial score (nSPS) is 20.0. The summed E-state index contributed by atoms with van der Waals surface area (Å²) in [5, 5.41) is 5.16. The molecule has 1 saturated heterocycles. The molecule has 1 fully saturated rings. The van der Waals surface area contributed by atoms with E-state index in [-0.39, 0.29) is 10.6 Å². The minimum Gasteiger partial charge on any atom is -0.492 e. The van der Waals surface area contributed by atoms with E-state index in [2.05, 4.69) is 15.9 Å². The Bertz CT molecular complexity index is 526. The number of primary sulfonamides is 1. The van der Waals surface area contributed by atoms with Crippen LogP contribution < -0.4 is 9.88 Å². The maximum atomic E-state index is 11.5. The molecular formula is C11H14BrNO4S. The topological polar surface area (TPSA) is 78.6 Å². The highest BCUT2D eigenvalue weighted by molar-refractivity contribution is 9.10. The minimum atomic E-state index is -3.79. The molecule has 0 aromatic heterocycles. The molecule has 1 aliphatic rings. The van der Waals surface area contributed by atoms with Gasteiger partial charge in [0.1, 0.15) is 10.6 Å². The summed E-state index contributed by atoms with van der Waals surface area (Å²) in [6, 6.07) is 4.75. The molecule has 2 rings (SSSR count). The first kappa shape index (κ1) is 13.8. The largest absolute Gasteiger partial charge is 0.492 e. The number of ether oxygens (including phenoxy) is 2. The quantitative estimate of drug-likeness (QED) is 0.904. The van der Waals surface area contributed by atoms with Gasteiger partial charge in [0.05, 0.1) is 13.2 Å². The Morgan fingerprint density at radius 1 is 1.50 bits per heavy atom. The Hall–Kier alpha value is -0.630. The van der Waals surface area contributed by atoms with E-state index in [4.69, 9.17) is 14.6 Å². The molecule has 0 saturated carbocycles. The number of benzene rings is 1. The molecule has 0 bridgehead atoms. The van der Waals surface area contributed by atoms with E-state index in [0.29, 0.717) is 23.6 Å². The first-order valence-corrected chi connectivity index (χ1v) is 7.83. The molecular weight excluding hydrogens is 322 g/mol. The molecule has 1 heterocycles. The Morgan fingerprint density at radius 2 is 2.28 bits per heavy atom. The van der Waals surface area contributed by atoms with Crippen LogP contribution in [0.15, 0.2) is 27.6 Å². The van der Waals surface area contributed by atoms with Crippen LogP contribution in [0.5, 0.6) is 5.75 Å². The fourth-order valence-electron chi connectivity index (χ4n) is 1.75. The van der Waals surface area contributed by atoms with Crippen molar-refractivity contribution in [2.45, 2.75) is 11.3 Å². The molecule has 100 valence electrons. The highest BCUT2D eigenvalue weighted by Gasteiger charge is 2.19. The van der Waals surface area contributed by atoms with Crippen LogP contribution in [-0.2, 0) is 14.8 Å². The third-order valence-corrected chi connectivity index (χ3v) is 4.14. The van der Waals surface area contributed by atoms with Crippen molar-refractivity contribution in [2.75, 3.05) is 19.8 Å². The monoisotopic (exact) mass is 335 g/mol. The lowest BCUT2D eigenvalue weighted by Gasteiger charge is -2.13. The fraction of sp³-hybridized carbons (Fsp3) is 0.455. The maximum Gasteiger partial charge on any atom is 0.241 e. The van der Waals surface area contributed by atoms with E-state index < -0.39 is 10.0 Å². The zero-order chi connectivity index (χ0) is 13.2. The Balaban J connectivity index is 2.16. The number of hydrogen-bond donors (Lipinski definition) is 1. The molecule has 0 aliphatic carbocycles. The van der Waals surface area contributed by atoms with E-state index in [0.717, 1.165) is 13.0 Å². The van der Waals surface area contributed by atoms with E-state index in [1.165, 1.54) is 6.07 Å². The van der Waals surface area contributed by atoms with Crippen molar-refractivity contribution in [3.63, 3.8) is 0 Å². The molecule has 18 heavy (non-hydrogen) atoms. The van der Waals surface area contributed by atoms with Gasteiger partial charge in [0.25, 0.3) is 0 Å². The number of rotatable bonds is 4. The first-order valence-electron chi connectivity index (χ1n) is 5.50. The van der Waals surface area contributed by atoms with Crippen LogP contribution in [0.2, 0.25) is 0 Å². The molecule has 1 aromatic rings. The summed E-state index contributed by atoms with van der Waals surface area (Å²) in [6.07, 6.45) is 0.932. The Labute approximate surface area is 114 Å². The Kier molecular flexibility index (Phi) is 4.26. The summed E-state index contributed by atoms with van der Waals surface area (Å²) in [5.41, 5.74) is 0. The van der Waals surface area contributed by atoms with Crippen LogP contribution in [0.1, 0.15) is 6.42 Å². The summed E-state index contributed by atoms with van der Waals surface area (Å²) in [7, 11) is -3.79. The molecule has 7 heteroatoms. The van der Waals surface area contributed by atoms with Gasteiger partial charge in [0.15, 0.2) is 0 Å². The number of hydrogen-bond acceptors (Lipinski definition) is 4. The van der Waals surface area contributed by atoms with Crippen molar-refractivity contribution < 1.29 is 17.9 Å². The summed E-state index contributed by atoms with van der Waals surface area (Å²) in [4.78, 5) is -0.00390. The van der Waals surface area contributed by atoms with Gasteiger partial charge in [-0.3, -0.25) is 0 Å². The molecule has 1 aliphatic heterocycles. The van der Waals surface area contributed by atoms with Crippen molar-refractivity contribution in [2.24, 2.45) is 11.1 Å². The third kappa shape index (κ3) is 3.44. The smallest absolute Gasteiger partial charge is 0.241 e. The lowest BCUT2D eigenvalue weighted by atomic mass is 10.1. The molecule has 1 aromatic carbocycles. The van der Waals surface area contributed by atoms with Gasteiger partial charge in [-0.05, 0) is 24.6 Å². The summed E-state index contributed by atoms with van der Waals surface area (Å²) >= 11 is 3.21. The van der Waals surface area contributed by atoms with Gasteiger partial charge in [-0.25, -0.2) is 13.6 Å². The Morgan fingerprint density at radius 3 is 2.89 bits per heavy atom. The first-order chi connectivity index (χ1) is 8.47. The SMILES string of the molecule is NS(=O)(=O)c1cc(Br)ccc1OCC1CCOC1. The highest BCUT2D eigenvalue weighted by atomic mass is 79.9. The number of nitrogens with two attached hydrogens (primary N) is 1. The van der Waals surface area contributed by atoms with Crippen molar-refractivity contribution in [1.29, 1.82) is 0 Å². The van der Waals surface area contributed by atoms with Gasteiger partial charge in [-0.15, -0.1) is 0 Å². The average Bonchev–Trinajstić information content (AvgIpc) is 2.79. The summed E-state index contributed by atoms with van der Waals surface area (Å²) in [5.74, 6) is 0.592.